The highest BCUT2D eigenvalue weighted by Gasteiger charge is 2.44. The second-order valence-electron chi connectivity index (χ2n) is 5.13. The molecular weight excluding hydrogens is 236 g/mol. The Balaban J connectivity index is 2.94. The zero-order valence-corrected chi connectivity index (χ0v) is 10.6. The molecule has 98 valence electrons. The van der Waals surface area contributed by atoms with Crippen LogP contribution in [-0.4, -0.2) is 40.3 Å². The van der Waals surface area contributed by atoms with Gasteiger partial charge in [-0.25, -0.2) is 9.59 Å². The Morgan fingerprint density at radius 3 is 2.50 bits per heavy atom. The summed E-state index contributed by atoms with van der Waals surface area (Å²) in [5.74, 6) is -1.87. The minimum atomic E-state index is -1.20. The third-order valence-corrected chi connectivity index (χ3v) is 2.51. The summed E-state index contributed by atoms with van der Waals surface area (Å²) in [6, 6.07) is 0.744. The van der Waals surface area contributed by atoms with Crippen LogP contribution in [0.3, 0.4) is 0 Å². The number of carboxylic acid groups (broad SMARTS) is 1. The summed E-state index contributed by atoms with van der Waals surface area (Å²) in [7, 11) is 0. The molecule has 0 aromatic heterocycles. The number of carboxylic acids is 1. The summed E-state index contributed by atoms with van der Waals surface area (Å²) < 4.78 is 5.12. The van der Waals surface area contributed by atoms with E-state index in [1.54, 1.807) is 20.8 Å². The first-order valence-corrected chi connectivity index (χ1v) is 5.48. The van der Waals surface area contributed by atoms with E-state index in [2.05, 4.69) is 6.58 Å². The van der Waals surface area contributed by atoms with E-state index >= 15 is 0 Å². The normalized spacial score (nSPS) is 23.7. The van der Waals surface area contributed by atoms with Gasteiger partial charge in [0.1, 0.15) is 5.60 Å². The maximum atomic E-state index is 11.9. The number of hydrogen-bond acceptors (Lipinski definition) is 4. The van der Waals surface area contributed by atoms with Crippen LogP contribution in [0.15, 0.2) is 12.2 Å². The molecule has 18 heavy (non-hydrogen) atoms. The van der Waals surface area contributed by atoms with Crippen molar-refractivity contribution < 1.29 is 19.4 Å². The summed E-state index contributed by atoms with van der Waals surface area (Å²) >= 11 is 0. The summed E-state index contributed by atoms with van der Waals surface area (Å²) in [5.41, 5.74) is -0.498. The number of aliphatic carboxylic acids is 1. The van der Waals surface area contributed by atoms with Crippen molar-refractivity contribution in [3.8, 4) is 6.07 Å². The summed E-state index contributed by atoms with van der Waals surface area (Å²) in [5, 5.41) is 18.0. The molecule has 1 rings (SSSR count). The van der Waals surface area contributed by atoms with Crippen LogP contribution < -0.4 is 0 Å². The zero-order chi connectivity index (χ0) is 14.1. The first-order valence-electron chi connectivity index (χ1n) is 5.48. The first-order chi connectivity index (χ1) is 8.17. The molecule has 6 nitrogen and oxygen atoms in total. The van der Waals surface area contributed by atoms with Gasteiger partial charge in [0, 0.05) is 6.54 Å². The van der Waals surface area contributed by atoms with Crippen LogP contribution in [0.2, 0.25) is 0 Å². The molecule has 2 atom stereocenters. The van der Waals surface area contributed by atoms with Crippen LogP contribution in [0.25, 0.3) is 0 Å². The molecule has 0 aliphatic carbocycles. The maximum absolute atomic E-state index is 11.9. The quantitative estimate of drug-likeness (QED) is 0.712. The molecule has 1 saturated heterocycles. The number of likely N-dealkylation sites (tertiary alicyclic amines) is 1. The zero-order valence-electron chi connectivity index (χ0n) is 10.6. The Labute approximate surface area is 105 Å². The van der Waals surface area contributed by atoms with Crippen LogP contribution in [0.1, 0.15) is 20.8 Å². The lowest BCUT2D eigenvalue weighted by Gasteiger charge is -2.26. The number of ether oxygens (including phenoxy) is 1. The molecule has 1 heterocycles. The minimum absolute atomic E-state index is 0.00120. The van der Waals surface area contributed by atoms with E-state index in [0.717, 1.165) is 4.90 Å². The molecule has 1 N–H and O–H groups in total. The highest BCUT2D eigenvalue weighted by atomic mass is 16.6. The summed E-state index contributed by atoms with van der Waals surface area (Å²) in [6.45, 7) is 8.65. The lowest BCUT2D eigenvalue weighted by molar-refractivity contribution is -0.140. The summed E-state index contributed by atoms with van der Waals surface area (Å²) in [6.07, 6.45) is -0.742. The van der Waals surface area contributed by atoms with Crippen molar-refractivity contribution in [2.24, 2.45) is 5.92 Å². The molecule has 0 aromatic rings. The molecule has 1 fully saturated rings. The van der Waals surface area contributed by atoms with Gasteiger partial charge >= 0.3 is 12.1 Å². The topological polar surface area (TPSA) is 90.6 Å². The molecule has 0 unspecified atom stereocenters. The second-order valence-corrected chi connectivity index (χ2v) is 5.13. The average Bonchev–Trinajstić information content (AvgIpc) is 2.52. The smallest absolute Gasteiger partial charge is 0.411 e. The van der Waals surface area contributed by atoms with E-state index in [0.29, 0.717) is 0 Å². The number of carbonyl (C=O) groups is 2. The van der Waals surface area contributed by atoms with Gasteiger partial charge in [0.25, 0.3) is 0 Å². The number of rotatable bonds is 1. The highest BCUT2D eigenvalue weighted by molar-refractivity contribution is 5.84. The van der Waals surface area contributed by atoms with Crippen LogP contribution in [0.5, 0.6) is 0 Å². The van der Waals surface area contributed by atoms with E-state index in [4.69, 9.17) is 15.1 Å². The van der Waals surface area contributed by atoms with Gasteiger partial charge in [-0.15, -0.1) is 0 Å². The van der Waals surface area contributed by atoms with E-state index in [-0.39, 0.29) is 12.1 Å². The Hall–Kier alpha value is -2.03. The number of nitrogens with zero attached hydrogens (tertiary/aromatic N) is 2. The van der Waals surface area contributed by atoms with E-state index in [1.165, 1.54) is 0 Å². The van der Waals surface area contributed by atoms with Crippen molar-refractivity contribution in [1.29, 1.82) is 5.26 Å². The average molecular weight is 252 g/mol. The fourth-order valence-electron chi connectivity index (χ4n) is 1.73. The molecule has 0 spiro atoms. The Kier molecular flexibility index (Phi) is 3.65. The fraction of sp³-hybridized carbons (Fsp3) is 0.583. The maximum Gasteiger partial charge on any atom is 0.411 e. The SMILES string of the molecule is C=C1[C@@H](C(=O)O)N(C(=O)OC(C)(C)C)C[C@H]1C#N. The number of amides is 1. The Morgan fingerprint density at radius 2 is 2.11 bits per heavy atom. The van der Waals surface area contributed by atoms with Crippen molar-refractivity contribution >= 4 is 12.1 Å². The molecule has 1 amide bonds. The molecule has 0 radical (unpaired) electrons. The molecular formula is C12H16N2O4. The fourth-order valence-corrected chi connectivity index (χ4v) is 1.73. The van der Waals surface area contributed by atoms with Gasteiger partial charge in [-0.3, -0.25) is 4.90 Å². The van der Waals surface area contributed by atoms with Crippen molar-refractivity contribution in [1.82, 2.24) is 4.90 Å². The molecule has 0 saturated carbocycles. The summed E-state index contributed by atoms with van der Waals surface area (Å²) in [4.78, 5) is 24.0. The standard InChI is InChI=1S/C12H16N2O4/c1-7-8(5-13)6-14(9(7)10(15)16)11(17)18-12(2,3)4/h8-9H,1,6H2,2-4H3,(H,15,16)/t8-,9+/m1/s1. The van der Waals surface area contributed by atoms with Gasteiger partial charge in [0.05, 0.1) is 12.0 Å². The van der Waals surface area contributed by atoms with Gasteiger partial charge in [-0.05, 0) is 26.3 Å². The largest absolute Gasteiger partial charge is 0.479 e. The van der Waals surface area contributed by atoms with E-state index in [1.807, 2.05) is 6.07 Å². The van der Waals surface area contributed by atoms with Gasteiger partial charge < -0.3 is 9.84 Å². The molecule has 0 aromatic carbocycles. The van der Waals surface area contributed by atoms with Crippen molar-refractivity contribution in [2.45, 2.75) is 32.4 Å². The van der Waals surface area contributed by atoms with Gasteiger partial charge in [0.15, 0.2) is 6.04 Å². The number of hydrogen-bond donors (Lipinski definition) is 1. The van der Waals surface area contributed by atoms with Crippen molar-refractivity contribution in [3.63, 3.8) is 0 Å². The van der Waals surface area contributed by atoms with E-state index < -0.39 is 29.6 Å². The Morgan fingerprint density at radius 1 is 1.56 bits per heavy atom. The highest BCUT2D eigenvalue weighted by Crippen LogP contribution is 2.29. The number of carbonyl (C=O) groups excluding carboxylic acids is 1. The van der Waals surface area contributed by atoms with Crippen LogP contribution in [-0.2, 0) is 9.53 Å². The van der Waals surface area contributed by atoms with Gasteiger partial charge in [-0.2, -0.15) is 5.26 Å². The van der Waals surface area contributed by atoms with Crippen LogP contribution >= 0.6 is 0 Å². The lowest BCUT2D eigenvalue weighted by atomic mass is 10.0. The monoisotopic (exact) mass is 252 g/mol. The van der Waals surface area contributed by atoms with Crippen LogP contribution in [0, 0.1) is 17.2 Å². The van der Waals surface area contributed by atoms with Crippen LogP contribution in [0.4, 0.5) is 4.79 Å². The Bertz CT molecular complexity index is 430. The first kappa shape index (κ1) is 14.0. The number of nitriles is 1. The third kappa shape index (κ3) is 2.80. The second kappa shape index (κ2) is 4.69. The predicted octanol–water partition coefficient (Wildman–Crippen LogP) is 1.39. The molecule has 6 heteroatoms. The van der Waals surface area contributed by atoms with Gasteiger partial charge in [0.2, 0.25) is 0 Å². The third-order valence-electron chi connectivity index (χ3n) is 2.51. The minimum Gasteiger partial charge on any atom is -0.479 e. The van der Waals surface area contributed by atoms with E-state index in [9.17, 15) is 9.59 Å². The van der Waals surface area contributed by atoms with Crippen molar-refractivity contribution in [3.05, 3.63) is 12.2 Å². The molecule has 1 aliphatic heterocycles. The lowest BCUT2D eigenvalue weighted by Crippen LogP contribution is -2.43. The van der Waals surface area contributed by atoms with Crippen molar-refractivity contribution in [2.75, 3.05) is 6.54 Å². The predicted molar refractivity (Wildman–Crippen MR) is 62.6 cm³/mol. The molecule has 0 bridgehead atoms. The molecule has 1 aliphatic rings. The van der Waals surface area contributed by atoms with Gasteiger partial charge in [-0.1, -0.05) is 6.58 Å².